The fraction of sp³-hybridized carbons (Fsp3) is 0.403. The van der Waals surface area contributed by atoms with Crippen LogP contribution in [0.3, 0.4) is 0 Å². The van der Waals surface area contributed by atoms with Crippen molar-refractivity contribution in [3.05, 3.63) is 204 Å². The summed E-state index contributed by atoms with van der Waals surface area (Å²) in [6, 6.07) is 33.5. The molecule has 8 rings (SSSR count). The fourth-order valence-corrected chi connectivity index (χ4v) is 9.94. The summed E-state index contributed by atoms with van der Waals surface area (Å²) in [7, 11) is 0. The third-order valence-corrected chi connectivity index (χ3v) is 14.7. The number of phenolic OH excluding ortho intramolecular Hbond substituents is 3. The van der Waals surface area contributed by atoms with Crippen LogP contribution < -0.4 is 9.47 Å². The van der Waals surface area contributed by atoms with Gasteiger partial charge in [0.25, 0.3) is 0 Å². The minimum absolute atomic E-state index is 0.195. The molecule has 7 heteroatoms. The molecule has 7 nitrogen and oxygen atoms in total. The highest BCUT2D eigenvalue weighted by molar-refractivity contribution is 5.60. The third-order valence-electron chi connectivity index (χ3n) is 14.7. The summed E-state index contributed by atoms with van der Waals surface area (Å²) in [5.41, 5.74) is 14.1. The summed E-state index contributed by atoms with van der Waals surface area (Å²) in [5.74, 6) is 2.02. The second-order valence-corrected chi connectivity index (χ2v) is 26.0. The maximum absolute atomic E-state index is 12.9. The number of ether oxygens (including phenoxy) is 2. The molecule has 10 bridgehead atoms. The number of hydrogen-bond acceptors (Lipinski definition) is 7. The lowest BCUT2D eigenvalue weighted by atomic mass is 9.79. The summed E-state index contributed by atoms with van der Waals surface area (Å²) in [6.07, 6.45) is 5.40. The predicted octanol–water partition coefficient (Wildman–Crippen LogP) is 15.5. The molecular formula is C67H80N2O5. The molecule has 388 valence electrons. The number of hydrogen-bond donors (Lipinski definition) is 3. The Morgan fingerprint density at radius 2 is 0.554 bits per heavy atom. The zero-order valence-corrected chi connectivity index (χ0v) is 46.9. The van der Waals surface area contributed by atoms with Gasteiger partial charge in [0.15, 0.2) is 0 Å². The Balaban J connectivity index is 1.49. The van der Waals surface area contributed by atoms with Crippen LogP contribution in [0.2, 0.25) is 0 Å². The largest absolute Gasteiger partial charge is 0.507 e. The lowest BCUT2D eigenvalue weighted by Crippen LogP contribution is -2.16. The van der Waals surface area contributed by atoms with Crippen LogP contribution >= 0.6 is 0 Å². The number of phenols is 3. The van der Waals surface area contributed by atoms with E-state index in [2.05, 4.69) is 174 Å². The van der Waals surface area contributed by atoms with E-state index in [-0.39, 0.29) is 57.5 Å². The van der Waals surface area contributed by atoms with Gasteiger partial charge in [-0.05, 0) is 135 Å². The second-order valence-electron chi connectivity index (χ2n) is 26.0. The average molecular weight is 993 g/mol. The van der Waals surface area contributed by atoms with Crippen molar-refractivity contribution in [3.8, 4) is 28.7 Å². The van der Waals surface area contributed by atoms with Crippen molar-refractivity contribution in [3.63, 3.8) is 0 Å². The number of nitrogens with zero attached hydrogens (tertiary/aromatic N) is 2. The molecule has 0 radical (unpaired) electrons. The number of benzene rings is 5. The molecule has 5 aromatic carbocycles. The summed E-state index contributed by atoms with van der Waals surface area (Å²) in [6.45, 7) is 33.6. The van der Waals surface area contributed by atoms with Crippen molar-refractivity contribution in [2.24, 2.45) is 0 Å². The predicted molar refractivity (Wildman–Crippen MR) is 302 cm³/mol. The minimum atomic E-state index is -0.267. The van der Waals surface area contributed by atoms with Crippen molar-refractivity contribution in [1.82, 2.24) is 9.97 Å². The van der Waals surface area contributed by atoms with Crippen molar-refractivity contribution in [2.45, 2.75) is 176 Å². The molecule has 0 saturated heterocycles. The van der Waals surface area contributed by atoms with Gasteiger partial charge in [-0.15, -0.1) is 0 Å². The maximum atomic E-state index is 12.9. The van der Waals surface area contributed by atoms with Gasteiger partial charge >= 0.3 is 0 Å². The van der Waals surface area contributed by atoms with E-state index in [1.807, 2.05) is 36.4 Å². The molecule has 3 N–H and O–H groups in total. The molecule has 0 aliphatic heterocycles. The van der Waals surface area contributed by atoms with Gasteiger partial charge in [0, 0.05) is 44.5 Å². The first-order valence-electron chi connectivity index (χ1n) is 26.5. The number of aromatic nitrogens is 2. The second kappa shape index (κ2) is 20.3. The molecule has 0 amide bonds. The molecule has 0 saturated carbocycles. The quantitative estimate of drug-likeness (QED) is 0.152. The molecule has 0 atom stereocenters. The lowest BCUT2D eigenvalue weighted by Gasteiger charge is -2.28. The van der Waals surface area contributed by atoms with E-state index in [1.54, 1.807) is 12.4 Å². The van der Waals surface area contributed by atoms with Crippen molar-refractivity contribution < 1.29 is 24.8 Å². The number of aromatic hydroxyl groups is 3. The molecule has 7 aromatic rings. The molecule has 2 heterocycles. The van der Waals surface area contributed by atoms with E-state index >= 15 is 0 Å². The van der Waals surface area contributed by atoms with Crippen LogP contribution in [0, 0.1) is 0 Å². The zero-order valence-electron chi connectivity index (χ0n) is 46.9. The van der Waals surface area contributed by atoms with Crippen LogP contribution in [0.4, 0.5) is 0 Å². The first-order chi connectivity index (χ1) is 34.5. The summed E-state index contributed by atoms with van der Waals surface area (Å²) in [5, 5.41) is 38.4. The third kappa shape index (κ3) is 12.2. The Bertz CT molecular complexity index is 2970. The molecule has 0 unspecified atom stereocenters. The van der Waals surface area contributed by atoms with E-state index in [9.17, 15) is 15.3 Å². The first kappa shape index (κ1) is 53.7. The molecule has 0 spiro atoms. The standard InChI is InChI=1S/C67H80N2O5/c1-63(2,3)51-29-41-24-42-30-52(64(4,5)6)32-44(59(42)71)26-48-36-55(67(13,14)15)38-50(62(48)74-40-57-21-17-19-23-69-57)28-46-34-53(65(7,8)9)33-45(60(46)72)27-49-37-54(66(10,11)12)35-47(25-43(31-51)58(41)70)61(49)73-39-56-20-16-18-22-68-56/h16-23,29-38,70-72H,24-28,39-40H2,1-15H3. The molecule has 1 aliphatic carbocycles. The summed E-state index contributed by atoms with van der Waals surface area (Å²) < 4.78 is 14.0. The van der Waals surface area contributed by atoms with Gasteiger partial charge in [0.05, 0.1) is 11.4 Å². The Hall–Kier alpha value is -6.60. The van der Waals surface area contributed by atoms with E-state index in [0.717, 1.165) is 94.8 Å². The van der Waals surface area contributed by atoms with Gasteiger partial charge in [0.2, 0.25) is 0 Å². The number of pyridine rings is 2. The summed E-state index contributed by atoms with van der Waals surface area (Å²) >= 11 is 0. The Morgan fingerprint density at radius 1 is 0.338 bits per heavy atom. The van der Waals surface area contributed by atoms with Gasteiger partial charge in [-0.2, -0.15) is 0 Å². The van der Waals surface area contributed by atoms with E-state index < -0.39 is 0 Å². The smallest absolute Gasteiger partial charge is 0.130 e. The zero-order chi connectivity index (χ0) is 53.7. The van der Waals surface area contributed by atoms with Crippen molar-refractivity contribution in [2.75, 3.05) is 0 Å². The number of rotatable bonds is 6. The molecule has 74 heavy (non-hydrogen) atoms. The van der Waals surface area contributed by atoms with Crippen molar-refractivity contribution >= 4 is 0 Å². The number of fused-ring (bicyclic) bond motifs is 10. The minimum Gasteiger partial charge on any atom is -0.507 e. The molecule has 2 aromatic heterocycles. The molecular weight excluding hydrogens is 913 g/mol. The summed E-state index contributed by atoms with van der Waals surface area (Å²) in [4.78, 5) is 9.29. The van der Waals surface area contributed by atoms with Crippen LogP contribution in [0.15, 0.2) is 109 Å². The van der Waals surface area contributed by atoms with Crippen LogP contribution in [-0.2, 0) is 72.4 Å². The fourth-order valence-electron chi connectivity index (χ4n) is 9.94. The molecule has 0 fully saturated rings. The van der Waals surface area contributed by atoms with E-state index in [4.69, 9.17) is 9.47 Å². The van der Waals surface area contributed by atoms with Crippen LogP contribution in [0.5, 0.6) is 28.7 Å². The first-order valence-corrected chi connectivity index (χ1v) is 26.5. The van der Waals surface area contributed by atoms with Gasteiger partial charge in [0.1, 0.15) is 42.0 Å². The highest BCUT2D eigenvalue weighted by Crippen LogP contribution is 2.45. The van der Waals surface area contributed by atoms with Gasteiger partial charge in [-0.25, -0.2) is 0 Å². The molecule has 1 aliphatic rings. The van der Waals surface area contributed by atoms with E-state index in [1.165, 1.54) is 0 Å². The topological polar surface area (TPSA) is 105 Å². The van der Waals surface area contributed by atoms with E-state index in [0.29, 0.717) is 43.6 Å². The average Bonchev–Trinajstić information content (AvgIpc) is 3.30. The van der Waals surface area contributed by atoms with Gasteiger partial charge in [-0.3, -0.25) is 9.97 Å². The Labute approximate surface area is 442 Å². The van der Waals surface area contributed by atoms with Crippen LogP contribution in [0.1, 0.15) is 199 Å². The van der Waals surface area contributed by atoms with Gasteiger partial charge in [-0.1, -0.05) is 177 Å². The van der Waals surface area contributed by atoms with Crippen molar-refractivity contribution in [1.29, 1.82) is 0 Å². The Morgan fingerprint density at radius 3 is 0.757 bits per heavy atom. The highest BCUT2D eigenvalue weighted by Gasteiger charge is 2.29. The Kier molecular flexibility index (Phi) is 14.7. The highest BCUT2D eigenvalue weighted by atomic mass is 16.5. The van der Waals surface area contributed by atoms with Crippen LogP contribution in [-0.4, -0.2) is 25.3 Å². The maximum Gasteiger partial charge on any atom is 0.130 e. The lowest BCUT2D eigenvalue weighted by molar-refractivity contribution is 0.295. The monoisotopic (exact) mass is 993 g/mol. The van der Waals surface area contributed by atoms with Crippen LogP contribution in [0.25, 0.3) is 0 Å². The van der Waals surface area contributed by atoms with Gasteiger partial charge < -0.3 is 24.8 Å². The SMILES string of the molecule is CC(C)(C)c1cc2c(O)c(c1)Cc1cc(C(C)(C)C)cc(c1OCc1ccccn1)Cc1cc(C(C)(C)C)cc(c1O)Cc1cc(C(C)(C)C)cc(c1OCc1ccccn1)Cc1cc(C(C)(C)C)cc(c1O)C2. The normalized spacial score (nSPS) is 13.6.